The Morgan fingerprint density at radius 3 is 2.18 bits per heavy atom. The fraction of sp³-hybridized carbons (Fsp3) is 0.480. The van der Waals surface area contributed by atoms with E-state index in [1.165, 1.54) is 37.8 Å². The van der Waals surface area contributed by atoms with Gasteiger partial charge in [0.1, 0.15) is 11.6 Å². The van der Waals surface area contributed by atoms with Gasteiger partial charge in [0, 0.05) is 17.0 Å². The first-order valence-corrected chi connectivity index (χ1v) is 10.3. The summed E-state index contributed by atoms with van der Waals surface area (Å²) in [5.74, 6) is 0.696. The Balaban J connectivity index is 2.54. The normalized spacial score (nSPS) is 12.1. The average Bonchev–Trinajstić information content (AvgIpc) is 2.69. The largest absolute Gasteiger partial charge is 0.496 e. The number of ether oxygens (including phenoxy) is 1. The van der Waals surface area contributed by atoms with Crippen molar-refractivity contribution >= 4 is 6.29 Å². The molecule has 0 heterocycles. The third-order valence-electron chi connectivity index (χ3n) is 5.90. The van der Waals surface area contributed by atoms with Crippen LogP contribution in [-0.4, -0.2) is 13.4 Å². The van der Waals surface area contributed by atoms with Crippen molar-refractivity contribution in [1.29, 1.82) is 0 Å². The summed E-state index contributed by atoms with van der Waals surface area (Å²) < 4.78 is 19.4. The molecular formula is C25H33FO2. The number of rotatable bonds is 10. The van der Waals surface area contributed by atoms with Crippen molar-refractivity contribution in [3.8, 4) is 5.75 Å². The van der Waals surface area contributed by atoms with Crippen LogP contribution in [0.4, 0.5) is 4.39 Å². The summed E-state index contributed by atoms with van der Waals surface area (Å²) in [7, 11) is 1.69. The molecule has 0 aliphatic carbocycles. The predicted octanol–water partition coefficient (Wildman–Crippen LogP) is 7.06. The van der Waals surface area contributed by atoms with Crippen molar-refractivity contribution in [2.75, 3.05) is 7.11 Å². The molecule has 2 aromatic rings. The molecule has 0 amide bonds. The number of halogens is 1. The number of hydrogen-bond donors (Lipinski definition) is 0. The zero-order valence-electron chi connectivity index (χ0n) is 17.9. The van der Waals surface area contributed by atoms with Crippen molar-refractivity contribution in [2.45, 2.75) is 72.1 Å². The Labute approximate surface area is 169 Å². The summed E-state index contributed by atoms with van der Waals surface area (Å²) in [6, 6.07) is 6.76. The molecule has 28 heavy (non-hydrogen) atoms. The first kappa shape index (κ1) is 22.1. The zero-order valence-corrected chi connectivity index (χ0v) is 17.9. The molecule has 0 aliphatic heterocycles. The highest BCUT2D eigenvalue weighted by molar-refractivity contribution is 5.82. The third kappa shape index (κ3) is 4.81. The van der Waals surface area contributed by atoms with Gasteiger partial charge in [-0.1, -0.05) is 51.2 Å². The Hall–Kier alpha value is -2.16. The number of hydrogen-bond acceptors (Lipinski definition) is 2. The zero-order chi connectivity index (χ0) is 20.7. The van der Waals surface area contributed by atoms with E-state index in [0.29, 0.717) is 0 Å². The van der Waals surface area contributed by atoms with Gasteiger partial charge in [0.15, 0.2) is 6.29 Å². The van der Waals surface area contributed by atoms with Gasteiger partial charge in [-0.25, -0.2) is 4.39 Å². The minimum absolute atomic E-state index is 0.0789. The summed E-state index contributed by atoms with van der Waals surface area (Å²) in [6.45, 7) is 8.19. The van der Waals surface area contributed by atoms with Gasteiger partial charge in [-0.15, -0.1) is 0 Å². The monoisotopic (exact) mass is 384 g/mol. The van der Waals surface area contributed by atoms with E-state index in [4.69, 9.17) is 4.74 Å². The standard InChI is InChI=1S/C25H33FO2/c1-6-7-8-9-10-11-22(20-12-14-21(26)15-13-20)24-19(4)23(16-27)17(2)18(3)25(24)28-5/h12-16,22H,6-11H2,1-5H3. The van der Waals surface area contributed by atoms with Crippen molar-refractivity contribution in [2.24, 2.45) is 0 Å². The number of carbonyl (C=O) groups is 1. The first-order valence-electron chi connectivity index (χ1n) is 10.3. The van der Waals surface area contributed by atoms with E-state index < -0.39 is 0 Å². The Morgan fingerprint density at radius 2 is 1.61 bits per heavy atom. The lowest BCUT2D eigenvalue weighted by atomic mass is 9.80. The molecule has 0 radical (unpaired) electrons. The first-order chi connectivity index (χ1) is 13.5. The van der Waals surface area contributed by atoms with E-state index in [2.05, 4.69) is 6.92 Å². The molecule has 0 saturated carbocycles. The Morgan fingerprint density at radius 1 is 0.964 bits per heavy atom. The van der Waals surface area contributed by atoms with Gasteiger partial charge in [0.2, 0.25) is 0 Å². The van der Waals surface area contributed by atoms with Crippen LogP contribution in [0.2, 0.25) is 0 Å². The quantitative estimate of drug-likeness (QED) is 0.323. The molecule has 3 heteroatoms. The van der Waals surface area contributed by atoms with Crippen molar-refractivity contribution in [1.82, 2.24) is 0 Å². The SMILES string of the molecule is CCCCCCCC(c1ccc(F)cc1)c1c(C)c(C=O)c(C)c(C)c1OC. The van der Waals surface area contributed by atoms with Crippen LogP contribution in [0.1, 0.15) is 89.5 Å². The maximum atomic E-state index is 13.5. The molecule has 152 valence electrons. The molecule has 1 atom stereocenters. The van der Waals surface area contributed by atoms with Crippen LogP contribution in [0.5, 0.6) is 5.75 Å². The lowest BCUT2D eigenvalue weighted by molar-refractivity contribution is 0.112. The van der Waals surface area contributed by atoms with E-state index >= 15 is 0 Å². The van der Waals surface area contributed by atoms with Gasteiger partial charge >= 0.3 is 0 Å². The van der Waals surface area contributed by atoms with Crippen LogP contribution in [-0.2, 0) is 0 Å². The minimum atomic E-state index is -0.234. The van der Waals surface area contributed by atoms with E-state index in [1.54, 1.807) is 7.11 Å². The number of carbonyl (C=O) groups excluding carboxylic acids is 1. The maximum absolute atomic E-state index is 13.5. The lowest BCUT2D eigenvalue weighted by Crippen LogP contribution is -2.11. The van der Waals surface area contributed by atoms with Crippen LogP contribution in [0, 0.1) is 26.6 Å². The molecule has 2 nitrogen and oxygen atoms in total. The second kappa shape index (κ2) is 10.4. The summed E-state index contributed by atoms with van der Waals surface area (Å²) in [5.41, 5.74) is 5.81. The van der Waals surface area contributed by atoms with Gasteiger partial charge < -0.3 is 4.74 Å². The molecular weight excluding hydrogens is 351 g/mol. The second-order valence-corrected chi connectivity index (χ2v) is 7.66. The van der Waals surface area contributed by atoms with E-state index in [-0.39, 0.29) is 11.7 Å². The highest BCUT2D eigenvalue weighted by atomic mass is 19.1. The van der Waals surface area contributed by atoms with Gasteiger partial charge in [-0.2, -0.15) is 0 Å². The highest BCUT2D eigenvalue weighted by Crippen LogP contribution is 2.42. The molecule has 2 rings (SSSR count). The number of benzene rings is 2. The Kier molecular flexibility index (Phi) is 8.22. The summed E-state index contributed by atoms with van der Waals surface area (Å²) in [5, 5.41) is 0. The van der Waals surface area contributed by atoms with Gasteiger partial charge in [-0.05, 0) is 61.6 Å². The summed E-state index contributed by atoms with van der Waals surface area (Å²) >= 11 is 0. The fourth-order valence-electron chi connectivity index (χ4n) is 4.16. The molecule has 0 aliphatic rings. The maximum Gasteiger partial charge on any atom is 0.150 e. The van der Waals surface area contributed by atoms with Crippen molar-refractivity contribution in [3.63, 3.8) is 0 Å². The molecule has 0 aromatic heterocycles. The molecule has 0 spiro atoms. The number of aldehydes is 1. The topological polar surface area (TPSA) is 26.3 Å². The van der Waals surface area contributed by atoms with Crippen LogP contribution in [0.15, 0.2) is 24.3 Å². The summed E-state index contributed by atoms with van der Waals surface area (Å²) in [6.07, 6.45) is 7.87. The predicted molar refractivity (Wildman–Crippen MR) is 114 cm³/mol. The molecule has 0 bridgehead atoms. The molecule has 2 aromatic carbocycles. The molecule has 0 N–H and O–H groups in total. The van der Waals surface area contributed by atoms with Crippen LogP contribution < -0.4 is 4.74 Å². The Bertz CT molecular complexity index is 793. The fourth-order valence-corrected chi connectivity index (χ4v) is 4.16. The summed E-state index contributed by atoms with van der Waals surface area (Å²) in [4.78, 5) is 11.8. The minimum Gasteiger partial charge on any atom is -0.496 e. The highest BCUT2D eigenvalue weighted by Gasteiger charge is 2.25. The molecule has 0 fully saturated rings. The second-order valence-electron chi connectivity index (χ2n) is 7.66. The molecule has 1 unspecified atom stereocenters. The van der Waals surface area contributed by atoms with Gasteiger partial charge in [0.25, 0.3) is 0 Å². The van der Waals surface area contributed by atoms with Gasteiger partial charge in [-0.3, -0.25) is 4.79 Å². The van der Waals surface area contributed by atoms with Crippen LogP contribution in [0.3, 0.4) is 0 Å². The van der Waals surface area contributed by atoms with Crippen molar-refractivity contribution in [3.05, 3.63) is 63.5 Å². The van der Waals surface area contributed by atoms with Crippen LogP contribution >= 0.6 is 0 Å². The van der Waals surface area contributed by atoms with E-state index in [0.717, 1.165) is 58.3 Å². The number of unbranched alkanes of at least 4 members (excludes halogenated alkanes) is 4. The van der Waals surface area contributed by atoms with Crippen LogP contribution in [0.25, 0.3) is 0 Å². The van der Waals surface area contributed by atoms with E-state index in [9.17, 15) is 9.18 Å². The lowest BCUT2D eigenvalue weighted by Gasteiger charge is -2.26. The van der Waals surface area contributed by atoms with E-state index in [1.807, 2.05) is 32.9 Å². The average molecular weight is 385 g/mol. The van der Waals surface area contributed by atoms with Crippen molar-refractivity contribution < 1.29 is 13.9 Å². The van der Waals surface area contributed by atoms with Gasteiger partial charge in [0.05, 0.1) is 7.11 Å². The smallest absolute Gasteiger partial charge is 0.150 e. The number of methoxy groups -OCH3 is 1. The third-order valence-corrected chi connectivity index (χ3v) is 5.90. The molecule has 0 saturated heterocycles.